The molecule has 3 N–H and O–H groups in total. The van der Waals surface area contributed by atoms with Gasteiger partial charge in [0.2, 0.25) is 0 Å². The zero-order valence-electron chi connectivity index (χ0n) is 8.08. The zero-order valence-corrected chi connectivity index (χ0v) is 8.84. The highest BCUT2D eigenvalue weighted by molar-refractivity contribution is 6.30. The van der Waals surface area contributed by atoms with Gasteiger partial charge in [-0.25, -0.2) is 4.39 Å². The van der Waals surface area contributed by atoms with Gasteiger partial charge in [0.25, 0.3) is 0 Å². The molecule has 0 heterocycles. The predicted octanol–water partition coefficient (Wildman–Crippen LogP) is 0.922. The molecule has 0 aliphatic carbocycles. The van der Waals surface area contributed by atoms with Crippen LogP contribution in [-0.2, 0) is 6.54 Å². The molecule has 3 nitrogen and oxygen atoms in total. The van der Waals surface area contributed by atoms with Crippen molar-refractivity contribution in [2.75, 3.05) is 13.2 Å². The number of hydrogen-bond donors (Lipinski definition) is 3. The van der Waals surface area contributed by atoms with Crippen LogP contribution in [0.5, 0.6) is 0 Å². The van der Waals surface area contributed by atoms with Crippen LogP contribution in [0.1, 0.15) is 5.56 Å². The molecule has 0 radical (unpaired) electrons. The van der Waals surface area contributed by atoms with Gasteiger partial charge in [-0.2, -0.15) is 0 Å². The molecular weight excluding hydrogens is 221 g/mol. The van der Waals surface area contributed by atoms with Gasteiger partial charge in [0.15, 0.2) is 0 Å². The number of aliphatic hydroxyl groups excluding tert-OH is 2. The minimum absolute atomic E-state index is 0.255. The van der Waals surface area contributed by atoms with Gasteiger partial charge in [0.05, 0.1) is 12.7 Å². The minimum Gasteiger partial charge on any atom is -0.394 e. The van der Waals surface area contributed by atoms with Crippen LogP contribution in [0.4, 0.5) is 4.39 Å². The van der Waals surface area contributed by atoms with Crippen LogP contribution >= 0.6 is 11.6 Å². The third-order valence-corrected chi connectivity index (χ3v) is 2.06. The maximum atomic E-state index is 12.9. The minimum atomic E-state index is -0.797. The van der Waals surface area contributed by atoms with Crippen molar-refractivity contribution >= 4 is 11.6 Å². The second kappa shape index (κ2) is 6.02. The van der Waals surface area contributed by atoms with Gasteiger partial charge in [-0.15, -0.1) is 0 Å². The average molecular weight is 234 g/mol. The summed E-state index contributed by atoms with van der Waals surface area (Å²) in [6, 6.07) is 4.24. The number of aliphatic hydroxyl groups is 2. The number of rotatable bonds is 5. The van der Waals surface area contributed by atoms with Crippen LogP contribution < -0.4 is 5.32 Å². The van der Waals surface area contributed by atoms with Gasteiger partial charge in [-0.3, -0.25) is 0 Å². The van der Waals surface area contributed by atoms with Crippen molar-refractivity contribution < 1.29 is 14.6 Å². The Morgan fingerprint density at radius 1 is 1.40 bits per heavy atom. The summed E-state index contributed by atoms with van der Waals surface area (Å²) in [5.41, 5.74) is 0.699. The fourth-order valence-electron chi connectivity index (χ4n) is 1.16. The van der Waals surface area contributed by atoms with E-state index in [-0.39, 0.29) is 19.0 Å². The zero-order chi connectivity index (χ0) is 11.3. The molecule has 1 rings (SSSR count). The molecule has 0 aromatic heterocycles. The van der Waals surface area contributed by atoms with E-state index in [0.717, 1.165) is 0 Å². The smallest absolute Gasteiger partial charge is 0.125 e. The Hall–Kier alpha value is -0.680. The Morgan fingerprint density at radius 2 is 2.13 bits per heavy atom. The van der Waals surface area contributed by atoms with E-state index >= 15 is 0 Å². The highest BCUT2D eigenvalue weighted by Crippen LogP contribution is 2.13. The maximum absolute atomic E-state index is 12.9. The molecule has 0 aliphatic heterocycles. The molecule has 1 aromatic rings. The Balaban J connectivity index is 2.43. The summed E-state index contributed by atoms with van der Waals surface area (Å²) in [5.74, 6) is -0.387. The van der Waals surface area contributed by atoms with Gasteiger partial charge in [0.1, 0.15) is 5.82 Å². The third kappa shape index (κ3) is 4.57. The van der Waals surface area contributed by atoms with E-state index in [1.165, 1.54) is 12.1 Å². The largest absolute Gasteiger partial charge is 0.394 e. The van der Waals surface area contributed by atoms with Crippen LogP contribution in [-0.4, -0.2) is 29.5 Å². The second-order valence-corrected chi connectivity index (χ2v) is 3.68. The van der Waals surface area contributed by atoms with Crippen molar-refractivity contribution in [2.24, 2.45) is 0 Å². The van der Waals surface area contributed by atoms with Crippen molar-refractivity contribution in [3.8, 4) is 0 Å². The molecule has 84 valence electrons. The monoisotopic (exact) mass is 233 g/mol. The van der Waals surface area contributed by atoms with Gasteiger partial charge in [-0.05, 0) is 23.8 Å². The van der Waals surface area contributed by atoms with E-state index in [4.69, 9.17) is 21.8 Å². The van der Waals surface area contributed by atoms with Gasteiger partial charge >= 0.3 is 0 Å². The molecule has 0 amide bonds. The van der Waals surface area contributed by atoms with Crippen LogP contribution in [0.25, 0.3) is 0 Å². The molecule has 1 atom stereocenters. The molecule has 15 heavy (non-hydrogen) atoms. The fraction of sp³-hybridized carbons (Fsp3) is 0.400. The van der Waals surface area contributed by atoms with Gasteiger partial charge in [0, 0.05) is 18.1 Å². The highest BCUT2D eigenvalue weighted by atomic mass is 35.5. The first-order valence-electron chi connectivity index (χ1n) is 4.56. The molecule has 0 saturated carbocycles. The molecular formula is C10H13ClFNO2. The van der Waals surface area contributed by atoms with E-state index in [1.807, 2.05) is 0 Å². The molecule has 0 aliphatic rings. The summed E-state index contributed by atoms with van der Waals surface area (Å²) in [5, 5.41) is 20.8. The summed E-state index contributed by atoms with van der Waals surface area (Å²) in [4.78, 5) is 0. The summed E-state index contributed by atoms with van der Waals surface area (Å²) in [6.07, 6.45) is -0.797. The van der Waals surface area contributed by atoms with Crippen molar-refractivity contribution in [3.05, 3.63) is 34.6 Å². The molecule has 5 heteroatoms. The first-order chi connectivity index (χ1) is 7.11. The highest BCUT2D eigenvalue weighted by Gasteiger charge is 2.02. The fourth-order valence-corrected chi connectivity index (χ4v) is 1.41. The number of benzene rings is 1. The van der Waals surface area contributed by atoms with Crippen LogP contribution in [0, 0.1) is 5.82 Å². The van der Waals surface area contributed by atoms with Crippen molar-refractivity contribution in [3.63, 3.8) is 0 Å². The normalized spacial score (nSPS) is 12.8. The lowest BCUT2D eigenvalue weighted by Crippen LogP contribution is -2.28. The number of halogens is 2. The maximum Gasteiger partial charge on any atom is 0.125 e. The average Bonchev–Trinajstić information content (AvgIpc) is 2.16. The first kappa shape index (κ1) is 12.4. The molecule has 0 fully saturated rings. The van der Waals surface area contributed by atoms with Gasteiger partial charge < -0.3 is 15.5 Å². The van der Waals surface area contributed by atoms with Crippen molar-refractivity contribution in [1.82, 2.24) is 5.32 Å². The van der Waals surface area contributed by atoms with E-state index in [0.29, 0.717) is 17.1 Å². The number of nitrogens with one attached hydrogen (secondary N) is 1. The lowest BCUT2D eigenvalue weighted by Gasteiger charge is -2.09. The molecule has 0 bridgehead atoms. The third-order valence-electron chi connectivity index (χ3n) is 1.84. The molecule has 0 spiro atoms. The Labute approximate surface area is 92.5 Å². The number of hydrogen-bond acceptors (Lipinski definition) is 3. The molecule has 0 unspecified atom stereocenters. The first-order valence-corrected chi connectivity index (χ1v) is 4.94. The molecule has 0 saturated heterocycles. The lowest BCUT2D eigenvalue weighted by molar-refractivity contribution is 0.0942. The summed E-state index contributed by atoms with van der Waals surface area (Å²) in [7, 11) is 0. The SMILES string of the molecule is OC[C@H](O)CNCc1cc(F)cc(Cl)c1. The van der Waals surface area contributed by atoms with E-state index in [9.17, 15) is 4.39 Å². The van der Waals surface area contributed by atoms with E-state index < -0.39 is 6.10 Å². The Kier molecular flexibility index (Phi) is 4.98. The standard InChI is InChI=1S/C10H13ClFNO2/c11-8-1-7(2-9(12)3-8)4-13-5-10(15)6-14/h1-3,10,13-15H,4-6H2/t10-/m1/s1. The van der Waals surface area contributed by atoms with Crippen LogP contribution in [0.3, 0.4) is 0 Å². The Morgan fingerprint density at radius 3 is 2.73 bits per heavy atom. The van der Waals surface area contributed by atoms with E-state index in [1.54, 1.807) is 6.07 Å². The summed E-state index contributed by atoms with van der Waals surface area (Å²) >= 11 is 5.66. The van der Waals surface area contributed by atoms with Crippen LogP contribution in [0.2, 0.25) is 5.02 Å². The topological polar surface area (TPSA) is 52.5 Å². The Bertz CT molecular complexity index is 302. The van der Waals surface area contributed by atoms with Crippen molar-refractivity contribution in [2.45, 2.75) is 12.6 Å². The quantitative estimate of drug-likeness (QED) is 0.709. The van der Waals surface area contributed by atoms with Crippen molar-refractivity contribution in [1.29, 1.82) is 0 Å². The van der Waals surface area contributed by atoms with Gasteiger partial charge in [-0.1, -0.05) is 11.6 Å². The van der Waals surface area contributed by atoms with Crippen LogP contribution in [0.15, 0.2) is 18.2 Å². The predicted molar refractivity (Wildman–Crippen MR) is 56.2 cm³/mol. The van der Waals surface area contributed by atoms with E-state index in [2.05, 4.69) is 5.32 Å². The summed E-state index contributed by atoms with van der Waals surface area (Å²) in [6.45, 7) is 0.357. The second-order valence-electron chi connectivity index (χ2n) is 3.24. The molecule has 1 aromatic carbocycles. The summed E-state index contributed by atoms with van der Waals surface area (Å²) < 4.78 is 12.9. The lowest BCUT2D eigenvalue weighted by atomic mass is 10.2.